The second-order valence-electron chi connectivity index (χ2n) is 3.58. The van der Waals surface area contributed by atoms with Crippen molar-refractivity contribution in [3.63, 3.8) is 0 Å². The van der Waals surface area contributed by atoms with Crippen LogP contribution in [0.15, 0.2) is 30.7 Å². The number of nitrogens with one attached hydrogen (secondary N) is 1. The van der Waals surface area contributed by atoms with Crippen molar-refractivity contribution in [3.8, 4) is 0 Å². The van der Waals surface area contributed by atoms with Crippen molar-refractivity contribution in [3.05, 3.63) is 42.2 Å². The van der Waals surface area contributed by atoms with E-state index in [1.54, 1.807) is 11.0 Å². The van der Waals surface area contributed by atoms with Gasteiger partial charge in [0.25, 0.3) is 0 Å². The number of nitrogens with zero attached hydrogens (tertiary/aromatic N) is 4. The number of aromatic nitrogens is 4. The largest absolute Gasteiger partial charge is 0.309 e. The van der Waals surface area contributed by atoms with Crippen LogP contribution in [0.5, 0.6) is 0 Å². The van der Waals surface area contributed by atoms with Gasteiger partial charge < -0.3 is 5.32 Å². The molecule has 0 amide bonds. The Balaban J connectivity index is 1.69. The molecule has 0 aromatic carbocycles. The molecular weight excluding hydrogens is 202 g/mol. The summed E-state index contributed by atoms with van der Waals surface area (Å²) in [6, 6.07) is 5.96. The summed E-state index contributed by atoms with van der Waals surface area (Å²) in [7, 11) is 1.87. The molecule has 2 rings (SSSR count). The molecule has 2 heterocycles. The lowest BCUT2D eigenvalue weighted by atomic mass is 10.3. The molecule has 1 N–H and O–H groups in total. The average Bonchev–Trinajstić information content (AvgIpc) is 2.72. The standard InChI is InChI=1S/C11H15N5/c1-16-9-14-11(15-16)8-12-7-5-10-4-2-3-6-13-10/h2-4,6,9,12H,5,7-8H2,1H3. The number of rotatable bonds is 5. The zero-order valence-corrected chi connectivity index (χ0v) is 9.30. The van der Waals surface area contributed by atoms with Crippen molar-refractivity contribution in [2.75, 3.05) is 6.54 Å². The molecule has 2 aromatic heterocycles. The molecule has 0 unspecified atom stereocenters. The Hall–Kier alpha value is -1.75. The fourth-order valence-corrected chi connectivity index (χ4v) is 1.43. The van der Waals surface area contributed by atoms with E-state index in [9.17, 15) is 0 Å². The molecule has 0 atom stereocenters. The predicted molar refractivity (Wildman–Crippen MR) is 60.7 cm³/mol. The summed E-state index contributed by atoms with van der Waals surface area (Å²) in [5, 5.41) is 7.47. The van der Waals surface area contributed by atoms with E-state index >= 15 is 0 Å². The zero-order valence-electron chi connectivity index (χ0n) is 9.30. The van der Waals surface area contributed by atoms with E-state index in [0.29, 0.717) is 6.54 Å². The molecule has 0 fully saturated rings. The lowest BCUT2D eigenvalue weighted by Crippen LogP contribution is -2.18. The molecule has 0 aliphatic heterocycles. The van der Waals surface area contributed by atoms with Gasteiger partial charge in [0.2, 0.25) is 0 Å². The van der Waals surface area contributed by atoms with Crippen LogP contribution in [0.4, 0.5) is 0 Å². The van der Waals surface area contributed by atoms with Crippen LogP contribution in [-0.4, -0.2) is 26.3 Å². The summed E-state index contributed by atoms with van der Waals surface area (Å²) >= 11 is 0. The summed E-state index contributed by atoms with van der Waals surface area (Å²) in [4.78, 5) is 8.39. The van der Waals surface area contributed by atoms with Crippen molar-refractivity contribution >= 4 is 0 Å². The first kappa shape index (κ1) is 10.8. The van der Waals surface area contributed by atoms with E-state index in [-0.39, 0.29) is 0 Å². The molecule has 0 saturated heterocycles. The Morgan fingerprint density at radius 3 is 2.94 bits per heavy atom. The van der Waals surface area contributed by atoms with Crippen LogP contribution < -0.4 is 5.32 Å². The second-order valence-corrected chi connectivity index (χ2v) is 3.58. The van der Waals surface area contributed by atoms with Gasteiger partial charge in [-0.15, -0.1) is 0 Å². The topological polar surface area (TPSA) is 55.6 Å². The Morgan fingerprint density at radius 2 is 2.25 bits per heavy atom. The van der Waals surface area contributed by atoms with Crippen LogP contribution in [-0.2, 0) is 20.0 Å². The highest BCUT2D eigenvalue weighted by Crippen LogP contribution is 1.93. The molecule has 5 heteroatoms. The van der Waals surface area contributed by atoms with E-state index in [2.05, 4.69) is 20.4 Å². The van der Waals surface area contributed by atoms with Crippen molar-refractivity contribution < 1.29 is 0 Å². The zero-order chi connectivity index (χ0) is 11.2. The first-order chi connectivity index (χ1) is 7.84. The molecule has 0 saturated carbocycles. The molecule has 5 nitrogen and oxygen atoms in total. The number of hydrogen-bond acceptors (Lipinski definition) is 4. The monoisotopic (exact) mass is 217 g/mol. The Morgan fingerprint density at radius 1 is 1.31 bits per heavy atom. The third-order valence-corrected chi connectivity index (χ3v) is 2.21. The highest BCUT2D eigenvalue weighted by atomic mass is 15.3. The normalized spacial score (nSPS) is 10.6. The summed E-state index contributed by atoms with van der Waals surface area (Å²) in [6.45, 7) is 1.59. The lowest BCUT2D eigenvalue weighted by Gasteiger charge is -2.01. The molecular formula is C11H15N5. The third kappa shape index (κ3) is 3.13. The minimum atomic E-state index is 0.702. The van der Waals surface area contributed by atoms with E-state index in [1.165, 1.54) is 0 Å². The van der Waals surface area contributed by atoms with Crippen LogP contribution in [0, 0.1) is 0 Å². The number of hydrogen-bond donors (Lipinski definition) is 1. The fraction of sp³-hybridized carbons (Fsp3) is 0.364. The van der Waals surface area contributed by atoms with Gasteiger partial charge >= 0.3 is 0 Å². The maximum absolute atomic E-state index is 4.25. The predicted octanol–water partition coefficient (Wildman–Crippen LogP) is 0.542. The average molecular weight is 217 g/mol. The summed E-state index contributed by atoms with van der Waals surface area (Å²) in [5.74, 6) is 0.823. The molecule has 0 aliphatic carbocycles. The van der Waals surface area contributed by atoms with Gasteiger partial charge in [-0.3, -0.25) is 9.67 Å². The molecule has 0 radical (unpaired) electrons. The van der Waals surface area contributed by atoms with Gasteiger partial charge in [0.15, 0.2) is 5.82 Å². The molecule has 84 valence electrons. The quantitative estimate of drug-likeness (QED) is 0.743. The van der Waals surface area contributed by atoms with E-state index < -0.39 is 0 Å². The minimum Gasteiger partial charge on any atom is -0.309 e. The highest BCUT2D eigenvalue weighted by Gasteiger charge is 1.98. The molecule has 0 aliphatic rings. The van der Waals surface area contributed by atoms with Gasteiger partial charge in [-0.2, -0.15) is 5.10 Å². The van der Waals surface area contributed by atoms with E-state index in [0.717, 1.165) is 24.5 Å². The van der Waals surface area contributed by atoms with Crippen molar-refractivity contribution in [1.82, 2.24) is 25.1 Å². The molecule has 0 spiro atoms. The minimum absolute atomic E-state index is 0.702. The molecule has 16 heavy (non-hydrogen) atoms. The Labute approximate surface area is 94.5 Å². The van der Waals surface area contributed by atoms with Gasteiger partial charge in [0.05, 0.1) is 6.54 Å². The summed E-state index contributed by atoms with van der Waals surface area (Å²) in [6.07, 6.45) is 4.44. The lowest BCUT2D eigenvalue weighted by molar-refractivity contribution is 0.643. The van der Waals surface area contributed by atoms with Crippen LogP contribution in [0.2, 0.25) is 0 Å². The van der Waals surface area contributed by atoms with Gasteiger partial charge in [-0.1, -0.05) is 6.07 Å². The SMILES string of the molecule is Cn1cnc(CNCCc2ccccn2)n1. The summed E-state index contributed by atoms with van der Waals surface area (Å²) < 4.78 is 1.70. The third-order valence-electron chi connectivity index (χ3n) is 2.21. The Kier molecular flexibility index (Phi) is 3.61. The van der Waals surface area contributed by atoms with Gasteiger partial charge in [0, 0.05) is 31.9 Å². The maximum atomic E-state index is 4.25. The van der Waals surface area contributed by atoms with Gasteiger partial charge in [-0.25, -0.2) is 4.98 Å². The first-order valence-electron chi connectivity index (χ1n) is 5.30. The van der Waals surface area contributed by atoms with Crippen molar-refractivity contribution in [2.24, 2.45) is 7.05 Å². The second kappa shape index (κ2) is 5.37. The van der Waals surface area contributed by atoms with Gasteiger partial charge in [0.1, 0.15) is 6.33 Å². The smallest absolute Gasteiger partial charge is 0.164 e. The van der Waals surface area contributed by atoms with Crippen LogP contribution in [0.3, 0.4) is 0 Å². The van der Waals surface area contributed by atoms with Crippen LogP contribution in [0.1, 0.15) is 11.5 Å². The molecule has 2 aromatic rings. The maximum Gasteiger partial charge on any atom is 0.164 e. The first-order valence-corrected chi connectivity index (χ1v) is 5.30. The number of pyridine rings is 1. The number of aryl methyl sites for hydroxylation is 1. The van der Waals surface area contributed by atoms with Gasteiger partial charge in [-0.05, 0) is 12.1 Å². The van der Waals surface area contributed by atoms with E-state index in [1.807, 2.05) is 31.4 Å². The summed E-state index contributed by atoms with van der Waals surface area (Å²) in [5.41, 5.74) is 1.10. The van der Waals surface area contributed by atoms with Crippen LogP contribution >= 0.6 is 0 Å². The van der Waals surface area contributed by atoms with Crippen molar-refractivity contribution in [2.45, 2.75) is 13.0 Å². The van der Waals surface area contributed by atoms with Crippen LogP contribution in [0.25, 0.3) is 0 Å². The highest BCUT2D eigenvalue weighted by molar-refractivity contribution is 5.03. The fourth-order valence-electron chi connectivity index (χ4n) is 1.43. The van der Waals surface area contributed by atoms with E-state index in [4.69, 9.17) is 0 Å². The van der Waals surface area contributed by atoms with Crippen molar-refractivity contribution in [1.29, 1.82) is 0 Å². The Bertz CT molecular complexity index is 423. The molecule has 0 bridgehead atoms.